The van der Waals surface area contributed by atoms with Crippen molar-refractivity contribution in [2.45, 2.75) is 46.3 Å². The number of ether oxygens (including phenoxy) is 2. The van der Waals surface area contributed by atoms with Crippen LogP contribution >= 0.6 is 12.4 Å². The number of likely N-dealkylation sites (N-methyl/N-ethyl adjacent to an activating group) is 1. The fraction of sp³-hybridized carbons (Fsp3) is 0.423. The molecule has 0 atom stereocenters. The summed E-state index contributed by atoms with van der Waals surface area (Å²) in [7, 11) is 3.35. The highest BCUT2D eigenvalue weighted by Gasteiger charge is 2.30. The van der Waals surface area contributed by atoms with Crippen LogP contribution in [-0.4, -0.2) is 48.0 Å². The van der Waals surface area contributed by atoms with E-state index in [2.05, 4.69) is 29.5 Å². The number of aromatic nitrogens is 1. The lowest BCUT2D eigenvalue weighted by Crippen LogP contribution is -2.47. The first kappa shape index (κ1) is 28.1. The molecular formula is C26H35ClN4O4. The number of fused-ring (bicyclic) bond motifs is 1. The smallest absolute Gasteiger partial charge is 0.246 e. The maximum Gasteiger partial charge on any atom is 0.246 e. The molecule has 0 saturated heterocycles. The average Bonchev–Trinajstić information content (AvgIpc) is 2.91. The number of para-hydroxylation sites is 1. The summed E-state index contributed by atoms with van der Waals surface area (Å²) in [5.74, 6) is 1.93. The van der Waals surface area contributed by atoms with Crippen molar-refractivity contribution in [1.82, 2.24) is 15.2 Å². The van der Waals surface area contributed by atoms with Gasteiger partial charge < -0.3 is 19.7 Å². The van der Waals surface area contributed by atoms with Gasteiger partial charge in [-0.05, 0) is 43.5 Å². The molecule has 1 aliphatic heterocycles. The van der Waals surface area contributed by atoms with E-state index < -0.39 is 5.54 Å². The lowest BCUT2D eigenvalue weighted by atomic mass is 10.1. The van der Waals surface area contributed by atoms with E-state index in [9.17, 15) is 9.59 Å². The van der Waals surface area contributed by atoms with Gasteiger partial charge in [0.15, 0.2) is 11.5 Å². The molecule has 2 heterocycles. The Kier molecular flexibility index (Phi) is 9.68. The van der Waals surface area contributed by atoms with E-state index in [1.165, 1.54) is 6.08 Å². The molecule has 8 nitrogen and oxygen atoms in total. The third-order valence-electron chi connectivity index (χ3n) is 5.55. The summed E-state index contributed by atoms with van der Waals surface area (Å²) < 4.78 is 11.4. The number of halogens is 1. The number of pyridine rings is 1. The van der Waals surface area contributed by atoms with Crippen LogP contribution in [0.1, 0.15) is 44.4 Å². The summed E-state index contributed by atoms with van der Waals surface area (Å²) in [5.41, 5.74) is 1.83. The van der Waals surface area contributed by atoms with Crippen LogP contribution in [0, 0.1) is 5.92 Å². The van der Waals surface area contributed by atoms with Crippen LogP contribution in [0.4, 0.5) is 5.82 Å². The van der Waals surface area contributed by atoms with E-state index in [1.807, 2.05) is 38.1 Å². The van der Waals surface area contributed by atoms with E-state index in [4.69, 9.17) is 9.47 Å². The molecule has 0 unspecified atom stereocenters. The van der Waals surface area contributed by atoms with Gasteiger partial charge in [-0.1, -0.05) is 26.0 Å². The first-order valence-electron chi connectivity index (χ1n) is 11.4. The summed E-state index contributed by atoms with van der Waals surface area (Å²) >= 11 is 0. The van der Waals surface area contributed by atoms with Crippen molar-refractivity contribution < 1.29 is 19.1 Å². The number of methoxy groups -OCH3 is 1. The number of nitrogens with one attached hydrogen (secondary N) is 2. The summed E-state index contributed by atoms with van der Waals surface area (Å²) in [4.78, 5) is 31.1. The minimum Gasteiger partial charge on any atom is -0.493 e. The number of hydrogen-bond donors (Lipinski definition) is 2. The number of benzene rings is 1. The van der Waals surface area contributed by atoms with E-state index in [0.717, 1.165) is 16.7 Å². The number of carbonyl (C=O) groups excluding carboxylic acids is 2. The predicted molar refractivity (Wildman–Crippen MR) is 140 cm³/mol. The zero-order valence-corrected chi connectivity index (χ0v) is 22.0. The second kappa shape index (κ2) is 12.0. The van der Waals surface area contributed by atoms with E-state index >= 15 is 0 Å². The molecule has 0 aliphatic carbocycles. The van der Waals surface area contributed by atoms with E-state index in [0.29, 0.717) is 42.9 Å². The fourth-order valence-corrected chi connectivity index (χ4v) is 3.42. The van der Waals surface area contributed by atoms with E-state index in [1.54, 1.807) is 31.3 Å². The van der Waals surface area contributed by atoms with Crippen LogP contribution < -0.4 is 20.1 Å². The quantitative estimate of drug-likeness (QED) is 0.529. The predicted octanol–water partition coefficient (Wildman–Crippen LogP) is 4.04. The molecule has 0 saturated carbocycles. The van der Waals surface area contributed by atoms with Gasteiger partial charge in [0.2, 0.25) is 11.8 Å². The Balaban J connectivity index is 0.00000432. The zero-order chi connectivity index (χ0) is 24.9. The van der Waals surface area contributed by atoms with Gasteiger partial charge in [-0.25, -0.2) is 4.98 Å². The normalized spacial score (nSPS) is 14.5. The molecule has 1 aliphatic rings. The van der Waals surface area contributed by atoms with Crippen molar-refractivity contribution in [3.63, 3.8) is 0 Å². The number of rotatable bonds is 8. The maximum atomic E-state index is 12.8. The van der Waals surface area contributed by atoms with Crippen LogP contribution in [0.5, 0.6) is 11.5 Å². The summed E-state index contributed by atoms with van der Waals surface area (Å²) in [6, 6.07) is 7.59. The Labute approximate surface area is 213 Å². The van der Waals surface area contributed by atoms with Gasteiger partial charge in [0.25, 0.3) is 0 Å². The van der Waals surface area contributed by atoms with Gasteiger partial charge >= 0.3 is 0 Å². The molecule has 2 N–H and O–H groups in total. The molecule has 2 aromatic rings. The molecule has 0 spiro atoms. The molecular weight excluding hydrogens is 468 g/mol. The molecule has 0 fully saturated rings. The summed E-state index contributed by atoms with van der Waals surface area (Å²) in [6.45, 7) is 9.24. The van der Waals surface area contributed by atoms with Crippen LogP contribution in [0.25, 0.3) is 6.08 Å². The molecule has 0 bridgehead atoms. The van der Waals surface area contributed by atoms with Gasteiger partial charge in [0.05, 0.1) is 19.3 Å². The number of carbonyl (C=O) groups is 2. The van der Waals surface area contributed by atoms with Gasteiger partial charge in [-0.15, -0.1) is 12.4 Å². The van der Waals surface area contributed by atoms with Crippen molar-refractivity contribution in [1.29, 1.82) is 0 Å². The highest BCUT2D eigenvalue weighted by Crippen LogP contribution is 2.32. The fourth-order valence-electron chi connectivity index (χ4n) is 3.42. The largest absolute Gasteiger partial charge is 0.493 e. The number of nitrogens with zero attached hydrogens (tertiary/aromatic N) is 2. The van der Waals surface area contributed by atoms with Crippen LogP contribution in [0.3, 0.4) is 0 Å². The number of hydrogen-bond acceptors (Lipinski definition) is 6. The highest BCUT2D eigenvalue weighted by molar-refractivity contribution is 5.98. The maximum absolute atomic E-state index is 12.8. The van der Waals surface area contributed by atoms with Crippen LogP contribution in [-0.2, 0) is 22.7 Å². The molecule has 3 rings (SSSR count). The Morgan fingerprint density at radius 3 is 2.74 bits per heavy atom. The topological polar surface area (TPSA) is 92.8 Å². The molecule has 9 heteroatoms. The van der Waals surface area contributed by atoms with Crippen molar-refractivity contribution >= 4 is 36.1 Å². The van der Waals surface area contributed by atoms with Gasteiger partial charge in [0, 0.05) is 43.5 Å². The first-order chi connectivity index (χ1) is 16.1. The monoisotopic (exact) mass is 502 g/mol. The Morgan fingerprint density at radius 2 is 2.06 bits per heavy atom. The molecule has 1 aromatic heterocycles. The number of anilines is 1. The minimum absolute atomic E-state index is 0. The molecule has 190 valence electrons. The van der Waals surface area contributed by atoms with Crippen molar-refractivity contribution in [3.05, 3.63) is 53.2 Å². The molecule has 1 aromatic carbocycles. The summed E-state index contributed by atoms with van der Waals surface area (Å²) in [5, 5.41) is 6.07. The van der Waals surface area contributed by atoms with E-state index in [-0.39, 0.29) is 24.2 Å². The lowest BCUT2D eigenvalue weighted by molar-refractivity contribution is -0.125. The lowest BCUT2D eigenvalue weighted by Gasteiger charge is -2.21. The molecule has 35 heavy (non-hydrogen) atoms. The third-order valence-corrected chi connectivity index (χ3v) is 5.55. The third kappa shape index (κ3) is 7.19. The zero-order valence-electron chi connectivity index (χ0n) is 21.2. The first-order valence-corrected chi connectivity index (χ1v) is 11.4. The Morgan fingerprint density at radius 1 is 1.31 bits per heavy atom. The second-order valence-electron chi connectivity index (χ2n) is 9.39. The standard InChI is InChI=1S/C26H34N4O4.ClH/c1-17(2)16-34-23-19(8-7-9-21(23)33-6)15-30(5)22(31)11-10-18-12-20-14-28-26(3,4)25(32)29-24(20)27-13-18;/h7-13,17,28H,14-16H2,1-6H3,(H,27,29,32);1H/b11-10+;. The number of amides is 2. The molecule has 0 radical (unpaired) electrons. The van der Waals surface area contributed by atoms with Gasteiger partial charge in [-0.3, -0.25) is 14.9 Å². The van der Waals surface area contributed by atoms with Crippen molar-refractivity contribution in [3.8, 4) is 11.5 Å². The van der Waals surface area contributed by atoms with Crippen molar-refractivity contribution in [2.24, 2.45) is 5.92 Å². The summed E-state index contributed by atoms with van der Waals surface area (Å²) in [6.07, 6.45) is 4.89. The Bertz CT molecular complexity index is 1090. The van der Waals surface area contributed by atoms with Crippen LogP contribution in [0.2, 0.25) is 0 Å². The molecule has 2 amide bonds. The minimum atomic E-state index is -0.687. The van der Waals surface area contributed by atoms with Crippen LogP contribution in [0.15, 0.2) is 36.5 Å². The Hall–Kier alpha value is -3.10. The highest BCUT2D eigenvalue weighted by atomic mass is 35.5. The average molecular weight is 503 g/mol. The van der Waals surface area contributed by atoms with Gasteiger partial charge in [-0.2, -0.15) is 0 Å². The van der Waals surface area contributed by atoms with Crippen molar-refractivity contribution in [2.75, 3.05) is 26.1 Å². The SMILES string of the molecule is COc1cccc(CN(C)C(=O)/C=C/c2cnc3c(c2)CNC(C)(C)C(=O)N3)c1OCC(C)C.Cl. The second-order valence-corrected chi connectivity index (χ2v) is 9.39. The van der Waals surface area contributed by atoms with Gasteiger partial charge in [0.1, 0.15) is 5.82 Å².